The molecule has 0 radical (unpaired) electrons. The number of aryl methyl sites for hydroxylation is 3. The fourth-order valence-corrected chi connectivity index (χ4v) is 4.37. The molecule has 0 bridgehead atoms. The molecule has 2 aromatic carbocycles. The average Bonchev–Trinajstić information content (AvgIpc) is 3.35. The number of carboxylic acid groups (broad SMARTS) is 2. The maximum Gasteiger partial charge on any atom is 0.335 e. The van der Waals surface area contributed by atoms with E-state index in [1.807, 2.05) is 51.1 Å². The number of carboxylic acids is 2. The molecule has 0 aliphatic heterocycles. The van der Waals surface area contributed by atoms with Gasteiger partial charge in [-0.25, -0.2) is 15.0 Å². The molecule has 0 spiro atoms. The molecule has 0 atom stereocenters. The SMILES string of the molecule is Cc1ccc(C)n1-c1ccc(C(=O)N/N=C\c2cc(C)n(-c3cc(C(=O)O)cc(C(=O)O)c3)c2C)cc1. The number of benzene rings is 2. The summed E-state index contributed by atoms with van der Waals surface area (Å²) < 4.78 is 3.84. The minimum Gasteiger partial charge on any atom is -0.478 e. The third-order valence-electron chi connectivity index (χ3n) is 6.17. The molecule has 9 nitrogen and oxygen atoms in total. The molecule has 2 heterocycles. The van der Waals surface area contributed by atoms with E-state index in [0.29, 0.717) is 22.5 Å². The maximum atomic E-state index is 12.6. The standard InChI is InChI=1S/C28H26N4O5/c1-16-5-6-17(2)31(16)24-9-7-20(8-10-24)26(33)30-29-15-23-11-18(3)32(19(23)4)25-13-21(27(34)35)12-22(14-25)28(36)37/h5-15H,1-4H3,(H,30,33)(H,34,35)(H,36,37)/b29-15-. The van der Waals surface area contributed by atoms with Gasteiger partial charge in [0.2, 0.25) is 0 Å². The predicted molar refractivity (Wildman–Crippen MR) is 139 cm³/mol. The van der Waals surface area contributed by atoms with Crippen LogP contribution in [0, 0.1) is 27.7 Å². The zero-order valence-electron chi connectivity index (χ0n) is 20.8. The van der Waals surface area contributed by atoms with Gasteiger partial charge in [-0.1, -0.05) is 0 Å². The summed E-state index contributed by atoms with van der Waals surface area (Å²) in [5.41, 5.74) is 8.44. The van der Waals surface area contributed by atoms with Crippen molar-refractivity contribution in [1.82, 2.24) is 14.6 Å². The number of amides is 1. The van der Waals surface area contributed by atoms with E-state index in [2.05, 4.69) is 15.1 Å². The van der Waals surface area contributed by atoms with Gasteiger partial charge in [-0.2, -0.15) is 5.10 Å². The van der Waals surface area contributed by atoms with Crippen LogP contribution in [0.4, 0.5) is 0 Å². The lowest BCUT2D eigenvalue weighted by atomic mass is 10.1. The van der Waals surface area contributed by atoms with E-state index >= 15 is 0 Å². The lowest BCUT2D eigenvalue weighted by molar-refractivity contribution is 0.0696. The topological polar surface area (TPSA) is 126 Å². The van der Waals surface area contributed by atoms with Crippen molar-refractivity contribution >= 4 is 24.1 Å². The Bertz CT molecular complexity index is 1510. The largest absolute Gasteiger partial charge is 0.478 e. The number of carbonyl (C=O) groups is 3. The molecular formula is C28H26N4O5. The van der Waals surface area contributed by atoms with Crippen LogP contribution in [-0.2, 0) is 0 Å². The third-order valence-corrected chi connectivity index (χ3v) is 6.17. The molecule has 9 heteroatoms. The number of carbonyl (C=O) groups excluding carboxylic acids is 1. The van der Waals surface area contributed by atoms with Gasteiger partial charge >= 0.3 is 11.9 Å². The molecular weight excluding hydrogens is 472 g/mol. The quantitative estimate of drug-likeness (QED) is 0.252. The summed E-state index contributed by atoms with van der Waals surface area (Å²) in [4.78, 5) is 35.6. The summed E-state index contributed by atoms with van der Waals surface area (Å²) in [6.45, 7) is 7.65. The first-order valence-electron chi connectivity index (χ1n) is 11.5. The van der Waals surface area contributed by atoms with Gasteiger partial charge in [-0.15, -0.1) is 0 Å². The third kappa shape index (κ3) is 5.06. The lowest BCUT2D eigenvalue weighted by Crippen LogP contribution is -2.17. The fourth-order valence-electron chi connectivity index (χ4n) is 4.37. The zero-order valence-corrected chi connectivity index (χ0v) is 20.8. The highest BCUT2D eigenvalue weighted by Gasteiger charge is 2.16. The van der Waals surface area contributed by atoms with Crippen LogP contribution in [0.15, 0.2) is 65.8 Å². The van der Waals surface area contributed by atoms with E-state index < -0.39 is 11.9 Å². The zero-order chi connectivity index (χ0) is 26.9. The van der Waals surface area contributed by atoms with Gasteiger partial charge in [0.05, 0.1) is 17.3 Å². The number of aromatic nitrogens is 2. The van der Waals surface area contributed by atoms with Crippen molar-refractivity contribution in [3.05, 3.63) is 106 Å². The van der Waals surface area contributed by atoms with E-state index in [1.54, 1.807) is 23.6 Å². The van der Waals surface area contributed by atoms with Crippen molar-refractivity contribution < 1.29 is 24.6 Å². The van der Waals surface area contributed by atoms with E-state index in [-0.39, 0.29) is 17.0 Å². The molecule has 4 rings (SSSR count). The Morgan fingerprint density at radius 2 is 1.27 bits per heavy atom. The normalized spacial score (nSPS) is 11.1. The Kier molecular flexibility index (Phi) is 6.79. The minimum atomic E-state index is -1.22. The summed E-state index contributed by atoms with van der Waals surface area (Å²) in [5.74, 6) is -2.80. The summed E-state index contributed by atoms with van der Waals surface area (Å²) >= 11 is 0. The van der Waals surface area contributed by atoms with E-state index in [1.165, 1.54) is 18.3 Å². The predicted octanol–water partition coefficient (Wildman–Crippen LogP) is 4.66. The molecule has 0 saturated heterocycles. The number of hydrazone groups is 1. The summed E-state index contributed by atoms with van der Waals surface area (Å²) in [6, 6.07) is 17.1. The molecule has 188 valence electrons. The molecule has 0 aliphatic rings. The van der Waals surface area contributed by atoms with Crippen LogP contribution in [0.5, 0.6) is 0 Å². The first-order chi connectivity index (χ1) is 17.6. The molecule has 3 N–H and O–H groups in total. The fraction of sp³-hybridized carbons (Fsp3) is 0.143. The highest BCUT2D eigenvalue weighted by Crippen LogP contribution is 2.23. The summed E-state index contributed by atoms with van der Waals surface area (Å²) in [7, 11) is 0. The number of nitrogens with zero attached hydrogens (tertiary/aromatic N) is 3. The molecule has 37 heavy (non-hydrogen) atoms. The van der Waals surface area contributed by atoms with E-state index in [9.17, 15) is 24.6 Å². The van der Waals surface area contributed by atoms with E-state index in [0.717, 1.165) is 28.8 Å². The van der Waals surface area contributed by atoms with Crippen molar-refractivity contribution in [2.45, 2.75) is 27.7 Å². The maximum absolute atomic E-state index is 12.6. The highest BCUT2D eigenvalue weighted by atomic mass is 16.4. The molecule has 0 unspecified atom stereocenters. The Morgan fingerprint density at radius 3 is 1.81 bits per heavy atom. The number of nitrogens with one attached hydrogen (secondary N) is 1. The van der Waals surface area contributed by atoms with Gasteiger partial charge in [-0.3, -0.25) is 4.79 Å². The van der Waals surface area contributed by atoms with Crippen LogP contribution in [0.2, 0.25) is 0 Å². The molecule has 0 saturated carbocycles. The van der Waals surface area contributed by atoms with E-state index in [4.69, 9.17) is 0 Å². The van der Waals surface area contributed by atoms with Gasteiger partial charge < -0.3 is 19.3 Å². The van der Waals surface area contributed by atoms with Gasteiger partial charge in [-0.05, 0) is 88.4 Å². The van der Waals surface area contributed by atoms with Gasteiger partial charge in [0, 0.05) is 45.3 Å². The minimum absolute atomic E-state index is 0.127. The van der Waals surface area contributed by atoms with Crippen molar-refractivity contribution in [3.63, 3.8) is 0 Å². The Hall–Kier alpha value is -4.92. The highest BCUT2D eigenvalue weighted by molar-refractivity contribution is 5.96. The number of hydrogen-bond acceptors (Lipinski definition) is 4. The summed E-state index contributed by atoms with van der Waals surface area (Å²) in [6.07, 6.45) is 1.50. The van der Waals surface area contributed by atoms with Gasteiger partial charge in [0.25, 0.3) is 5.91 Å². The molecule has 4 aromatic rings. The molecule has 0 aliphatic carbocycles. The molecule has 0 fully saturated rings. The van der Waals surface area contributed by atoms with Gasteiger partial charge in [0.15, 0.2) is 0 Å². The van der Waals surface area contributed by atoms with Crippen molar-refractivity contribution in [3.8, 4) is 11.4 Å². The number of aromatic carboxylic acids is 2. The lowest BCUT2D eigenvalue weighted by Gasteiger charge is -2.12. The van der Waals surface area contributed by atoms with Crippen molar-refractivity contribution in [1.29, 1.82) is 0 Å². The first kappa shape index (κ1) is 25.2. The smallest absolute Gasteiger partial charge is 0.335 e. The van der Waals surface area contributed by atoms with Crippen LogP contribution in [0.3, 0.4) is 0 Å². The first-order valence-corrected chi connectivity index (χ1v) is 11.5. The van der Waals surface area contributed by atoms with Crippen LogP contribution < -0.4 is 5.43 Å². The number of rotatable bonds is 7. The van der Waals surface area contributed by atoms with Crippen LogP contribution in [0.1, 0.15) is 59.4 Å². The second kappa shape index (κ2) is 9.98. The average molecular weight is 499 g/mol. The van der Waals surface area contributed by atoms with Crippen molar-refractivity contribution in [2.24, 2.45) is 5.10 Å². The Labute approximate surface area is 213 Å². The van der Waals surface area contributed by atoms with Gasteiger partial charge in [0.1, 0.15) is 0 Å². The Morgan fingerprint density at radius 1 is 0.703 bits per heavy atom. The second-order valence-corrected chi connectivity index (χ2v) is 8.74. The van der Waals surface area contributed by atoms with Crippen LogP contribution >= 0.6 is 0 Å². The molecule has 1 amide bonds. The van der Waals surface area contributed by atoms with Crippen LogP contribution in [0.25, 0.3) is 11.4 Å². The molecule has 2 aromatic heterocycles. The summed E-state index contributed by atoms with van der Waals surface area (Å²) in [5, 5.41) is 22.9. The monoisotopic (exact) mass is 498 g/mol. The second-order valence-electron chi connectivity index (χ2n) is 8.74. The number of hydrogen-bond donors (Lipinski definition) is 3. The van der Waals surface area contributed by atoms with Crippen LogP contribution in [-0.4, -0.2) is 43.4 Å². The van der Waals surface area contributed by atoms with Crippen molar-refractivity contribution in [2.75, 3.05) is 0 Å². The Balaban J connectivity index is 1.53.